The van der Waals surface area contributed by atoms with Gasteiger partial charge < -0.3 is 26.0 Å². The van der Waals surface area contributed by atoms with Gasteiger partial charge >= 0.3 is 6.03 Å². The highest BCUT2D eigenvalue weighted by Crippen LogP contribution is 2.12. The SMILES string of the molecule is COCC(N)C(=O)N1CCC(NC(=O)Nc2ccccc2)CC1. The molecule has 1 saturated heterocycles. The zero-order chi connectivity index (χ0) is 16.7. The van der Waals surface area contributed by atoms with E-state index in [0.29, 0.717) is 25.9 Å². The summed E-state index contributed by atoms with van der Waals surface area (Å²) < 4.78 is 4.91. The molecular weight excluding hydrogens is 296 g/mol. The highest BCUT2D eigenvalue weighted by Gasteiger charge is 2.26. The Kier molecular flexibility index (Phi) is 6.37. The van der Waals surface area contributed by atoms with Crippen molar-refractivity contribution in [2.24, 2.45) is 5.73 Å². The third-order valence-corrected chi connectivity index (χ3v) is 3.84. The first-order valence-electron chi connectivity index (χ1n) is 7.76. The largest absolute Gasteiger partial charge is 0.383 e. The molecule has 1 fully saturated rings. The molecule has 1 aromatic rings. The second kappa shape index (κ2) is 8.50. The number of nitrogens with two attached hydrogens (primary N) is 1. The van der Waals surface area contributed by atoms with Crippen molar-refractivity contribution in [2.45, 2.75) is 24.9 Å². The van der Waals surface area contributed by atoms with Gasteiger partial charge in [0.2, 0.25) is 5.91 Å². The molecular formula is C16H24N4O3. The maximum atomic E-state index is 12.1. The summed E-state index contributed by atoms with van der Waals surface area (Å²) in [5, 5.41) is 5.73. The zero-order valence-corrected chi connectivity index (χ0v) is 13.3. The Morgan fingerprint density at radius 2 is 1.96 bits per heavy atom. The number of para-hydroxylation sites is 1. The van der Waals surface area contributed by atoms with Gasteiger partial charge in [-0.15, -0.1) is 0 Å². The predicted molar refractivity (Wildman–Crippen MR) is 88.0 cm³/mol. The van der Waals surface area contributed by atoms with Gasteiger partial charge in [0.25, 0.3) is 0 Å². The third kappa shape index (κ3) is 5.22. The number of methoxy groups -OCH3 is 1. The van der Waals surface area contributed by atoms with Crippen molar-refractivity contribution in [2.75, 3.05) is 32.1 Å². The van der Waals surface area contributed by atoms with Crippen molar-refractivity contribution < 1.29 is 14.3 Å². The molecule has 0 bridgehead atoms. The van der Waals surface area contributed by atoms with Gasteiger partial charge in [0, 0.05) is 31.9 Å². The van der Waals surface area contributed by atoms with E-state index in [9.17, 15) is 9.59 Å². The van der Waals surface area contributed by atoms with Crippen LogP contribution in [-0.4, -0.2) is 55.7 Å². The minimum absolute atomic E-state index is 0.0569. The van der Waals surface area contributed by atoms with Crippen LogP contribution in [0.4, 0.5) is 10.5 Å². The molecule has 1 aliphatic rings. The number of carbonyl (C=O) groups is 2. The van der Waals surface area contributed by atoms with Gasteiger partial charge in [-0.3, -0.25) is 4.79 Å². The smallest absolute Gasteiger partial charge is 0.319 e. The van der Waals surface area contributed by atoms with E-state index >= 15 is 0 Å². The molecule has 1 aliphatic heterocycles. The molecule has 126 valence electrons. The maximum absolute atomic E-state index is 12.1. The Hall–Kier alpha value is -2.12. The minimum Gasteiger partial charge on any atom is -0.383 e. The van der Waals surface area contributed by atoms with Crippen molar-refractivity contribution >= 4 is 17.6 Å². The van der Waals surface area contributed by atoms with Crippen LogP contribution in [0.15, 0.2) is 30.3 Å². The summed E-state index contributed by atoms with van der Waals surface area (Å²) in [6.45, 7) is 1.40. The molecule has 7 nitrogen and oxygen atoms in total. The summed E-state index contributed by atoms with van der Waals surface area (Å²) in [6.07, 6.45) is 1.43. The molecule has 1 unspecified atom stereocenters. The fraction of sp³-hybridized carbons (Fsp3) is 0.500. The van der Waals surface area contributed by atoms with Crippen LogP contribution in [0.5, 0.6) is 0 Å². The number of anilines is 1. The summed E-state index contributed by atoms with van der Waals surface area (Å²) in [4.78, 5) is 25.8. The summed E-state index contributed by atoms with van der Waals surface area (Å²) in [5.74, 6) is -0.0981. The van der Waals surface area contributed by atoms with E-state index in [1.807, 2.05) is 30.3 Å². The van der Waals surface area contributed by atoms with E-state index in [4.69, 9.17) is 10.5 Å². The number of urea groups is 1. The molecule has 23 heavy (non-hydrogen) atoms. The molecule has 0 spiro atoms. The van der Waals surface area contributed by atoms with E-state index in [1.54, 1.807) is 4.90 Å². The van der Waals surface area contributed by atoms with Gasteiger partial charge in [0.1, 0.15) is 6.04 Å². The van der Waals surface area contributed by atoms with Crippen LogP contribution >= 0.6 is 0 Å². The summed E-state index contributed by atoms with van der Waals surface area (Å²) >= 11 is 0. The first-order chi connectivity index (χ1) is 11.1. The van der Waals surface area contributed by atoms with E-state index in [1.165, 1.54) is 7.11 Å². The number of hydrogen-bond acceptors (Lipinski definition) is 4. The molecule has 0 aliphatic carbocycles. The van der Waals surface area contributed by atoms with Crippen LogP contribution in [0.1, 0.15) is 12.8 Å². The Morgan fingerprint density at radius 3 is 2.57 bits per heavy atom. The third-order valence-electron chi connectivity index (χ3n) is 3.84. The Morgan fingerprint density at radius 1 is 1.30 bits per heavy atom. The number of nitrogens with one attached hydrogen (secondary N) is 2. The van der Waals surface area contributed by atoms with Gasteiger partial charge in [-0.2, -0.15) is 0 Å². The van der Waals surface area contributed by atoms with E-state index in [0.717, 1.165) is 5.69 Å². The number of hydrogen-bond donors (Lipinski definition) is 3. The zero-order valence-electron chi connectivity index (χ0n) is 13.3. The minimum atomic E-state index is -0.620. The summed E-state index contributed by atoms with van der Waals surface area (Å²) in [5.41, 5.74) is 6.52. The standard InChI is InChI=1S/C16H24N4O3/c1-23-11-14(17)15(21)20-9-7-13(8-10-20)19-16(22)18-12-5-3-2-4-6-12/h2-6,13-14H,7-11,17H2,1H3,(H2,18,19,22). The molecule has 4 N–H and O–H groups in total. The molecule has 0 radical (unpaired) electrons. The lowest BCUT2D eigenvalue weighted by Crippen LogP contribution is -2.52. The lowest BCUT2D eigenvalue weighted by atomic mass is 10.0. The number of carbonyl (C=O) groups excluding carboxylic acids is 2. The fourth-order valence-electron chi connectivity index (χ4n) is 2.60. The molecule has 1 atom stereocenters. The summed E-state index contributed by atoms with van der Waals surface area (Å²) in [7, 11) is 1.52. The lowest BCUT2D eigenvalue weighted by Gasteiger charge is -2.33. The highest BCUT2D eigenvalue weighted by atomic mass is 16.5. The van der Waals surface area contributed by atoms with Crippen molar-refractivity contribution in [1.82, 2.24) is 10.2 Å². The first kappa shape index (κ1) is 17.2. The van der Waals surface area contributed by atoms with E-state index < -0.39 is 6.04 Å². The first-order valence-corrected chi connectivity index (χ1v) is 7.76. The van der Waals surface area contributed by atoms with Crippen LogP contribution in [-0.2, 0) is 9.53 Å². The van der Waals surface area contributed by atoms with E-state index in [-0.39, 0.29) is 24.6 Å². The molecule has 7 heteroatoms. The molecule has 0 aromatic heterocycles. The average Bonchev–Trinajstić information content (AvgIpc) is 2.56. The van der Waals surface area contributed by atoms with Gasteiger partial charge in [-0.25, -0.2) is 4.79 Å². The quantitative estimate of drug-likeness (QED) is 0.746. The van der Waals surface area contributed by atoms with Crippen LogP contribution in [0, 0.1) is 0 Å². The Balaban J connectivity index is 1.74. The van der Waals surface area contributed by atoms with Gasteiger partial charge in [-0.1, -0.05) is 18.2 Å². The number of ether oxygens (including phenoxy) is 1. The van der Waals surface area contributed by atoms with Crippen molar-refractivity contribution in [3.8, 4) is 0 Å². The molecule has 3 amide bonds. The number of amides is 3. The van der Waals surface area contributed by atoms with Gasteiger partial charge in [0.05, 0.1) is 6.61 Å². The normalized spacial score (nSPS) is 16.7. The number of piperidine rings is 1. The van der Waals surface area contributed by atoms with Gasteiger partial charge in [0.15, 0.2) is 0 Å². The Labute approximate surface area is 136 Å². The highest BCUT2D eigenvalue weighted by molar-refractivity contribution is 5.89. The maximum Gasteiger partial charge on any atom is 0.319 e. The molecule has 1 aromatic carbocycles. The van der Waals surface area contributed by atoms with Crippen molar-refractivity contribution in [3.05, 3.63) is 30.3 Å². The van der Waals surface area contributed by atoms with E-state index in [2.05, 4.69) is 10.6 Å². The van der Waals surface area contributed by atoms with Crippen molar-refractivity contribution in [3.63, 3.8) is 0 Å². The molecule has 0 saturated carbocycles. The van der Waals surface area contributed by atoms with Gasteiger partial charge in [-0.05, 0) is 25.0 Å². The lowest BCUT2D eigenvalue weighted by molar-refractivity contribution is -0.134. The van der Waals surface area contributed by atoms with Crippen molar-refractivity contribution in [1.29, 1.82) is 0 Å². The molecule has 2 rings (SSSR count). The topological polar surface area (TPSA) is 96.7 Å². The second-order valence-corrected chi connectivity index (χ2v) is 5.63. The number of rotatable bonds is 5. The average molecular weight is 320 g/mol. The number of likely N-dealkylation sites (tertiary alicyclic amines) is 1. The number of benzene rings is 1. The monoisotopic (exact) mass is 320 g/mol. The predicted octanol–water partition coefficient (Wildman–Crippen LogP) is 0.773. The van der Waals surface area contributed by atoms with Crippen LogP contribution in [0.25, 0.3) is 0 Å². The van der Waals surface area contributed by atoms with Crippen LogP contribution in [0.3, 0.4) is 0 Å². The van der Waals surface area contributed by atoms with Crippen LogP contribution in [0.2, 0.25) is 0 Å². The number of nitrogens with zero attached hydrogens (tertiary/aromatic N) is 1. The Bertz CT molecular complexity index is 515. The second-order valence-electron chi connectivity index (χ2n) is 5.63. The van der Waals surface area contributed by atoms with Crippen LogP contribution < -0.4 is 16.4 Å². The fourth-order valence-corrected chi connectivity index (χ4v) is 2.60. The summed E-state index contributed by atoms with van der Waals surface area (Å²) in [6, 6.07) is 8.50. The molecule has 1 heterocycles.